The van der Waals surface area contributed by atoms with E-state index < -0.39 is 0 Å². The van der Waals surface area contributed by atoms with Crippen molar-refractivity contribution in [1.29, 1.82) is 0 Å². The maximum Gasteiger partial charge on any atom is 0.128 e. The van der Waals surface area contributed by atoms with Crippen LogP contribution in [-0.2, 0) is 19.4 Å². The Balaban J connectivity index is 1.18. The lowest BCUT2D eigenvalue weighted by Crippen LogP contribution is -2.44. The number of H-pyrrole nitrogens is 1. The number of rotatable bonds is 6. The summed E-state index contributed by atoms with van der Waals surface area (Å²) in [6, 6.07) is 11.2. The summed E-state index contributed by atoms with van der Waals surface area (Å²) in [4.78, 5) is 25.7. The van der Waals surface area contributed by atoms with E-state index in [4.69, 9.17) is 9.97 Å². The SMILES string of the molecule is Cc1cc(-c2[nH]c3cc4c(nc3c2C(C)C)CN(CCc2ccc(N3CCN(C)CC3)nc2)CC4)cc(C)n1. The molecule has 7 heteroatoms. The van der Waals surface area contributed by atoms with Crippen molar-refractivity contribution in [2.24, 2.45) is 0 Å². The molecule has 0 aliphatic carbocycles. The molecule has 0 radical (unpaired) electrons. The number of pyridine rings is 3. The molecular formula is C32H41N7. The number of aromatic nitrogens is 4. The van der Waals surface area contributed by atoms with Crippen molar-refractivity contribution in [3.8, 4) is 11.3 Å². The highest BCUT2D eigenvalue weighted by Crippen LogP contribution is 2.36. The molecule has 0 bridgehead atoms. The summed E-state index contributed by atoms with van der Waals surface area (Å²) < 4.78 is 0. The second-order valence-electron chi connectivity index (χ2n) is 11.8. The van der Waals surface area contributed by atoms with Crippen LogP contribution in [0.25, 0.3) is 22.3 Å². The number of fused-ring (bicyclic) bond motifs is 2. The Kier molecular flexibility index (Phi) is 7.12. The van der Waals surface area contributed by atoms with E-state index in [0.717, 1.165) is 86.9 Å². The van der Waals surface area contributed by atoms with Crippen molar-refractivity contribution in [1.82, 2.24) is 29.7 Å². The second kappa shape index (κ2) is 10.7. The van der Waals surface area contributed by atoms with E-state index in [0.29, 0.717) is 5.92 Å². The lowest BCUT2D eigenvalue weighted by atomic mass is 9.97. The van der Waals surface area contributed by atoms with Gasteiger partial charge in [-0.2, -0.15) is 0 Å². The van der Waals surface area contributed by atoms with E-state index in [-0.39, 0.29) is 0 Å². The fourth-order valence-corrected chi connectivity index (χ4v) is 6.17. The number of nitrogens with one attached hydrogen (secondary N) is 1. The van der Waals surface area contributed by atoms with Gasteiger partial charge in [0.15, 0.2) is 0 Å². The van der Waals surface area contributed by atoms with Gasteiger partial charge in [-0.05, 0) is 75.0 Å². The first-order valence-corrected chi connectivity index (χ1v) is 14.4. The number of nitrogens with zero attached hydrogens (tertiary/aromatic N) is 6. The van der Waals surface area contributed by atoms with Crippen LogP contribution in [0.3, 0.4) is 0 Å². The van der Waals surface area contributed by atoms with Crippen LogP contribution >= 0.6 is 0 Å². The van der Waals surface area contributed by atoms with E-state index in [2.05, 4.69) is 95.9 Å². The number of hydrogen-bond acceptors (Lipinski definition) is 6. The Bertz CT molecular complexity index is 1440. The third-order valence-corrected chi connectivity index (χ3v) is 8.35. The Morgan fingerprint density at radius 2 is 1.72 bits per heavy atom. The first-order chi connectivity index (χ1) is 18.8. The maximum absolute atomic E-state index is 5.29. The highest BCUT2D eigenvalue weighted by Gasteiger charge is 2.23. The van der Waals surface area contributed by atoms with E-state index in [1.54, 1.807) is 0 Å². The molecule has 0 saturated carbocycles. The fraction of sp³-hybridized carbons (Fsp3) is 0.469. The average Bonchev–Trinajstić information content (AvgIpc) is 3.29. The van der Waals surface area contributed by atoms with Gasteiger partial charge in [0.05, 0.1) is 22.4 Å². The van der Waals surface area contributed by atoms with Crippen LogP contribution in [0.15, 0.2) is 36.5 Å². The standard InChI is InChI=1S/C32H41N7/c1-21(2)30-31(26-16-22(3)34-23(4)17-26)35-27-18-25-9-11-38(20-28(25)36-32(27)30)10-8-24-6-7-29(33-19-24)39-14-12-37(5)13-15-39/h6-7,16-19,21,35H,8-15,20H2,1-5H3. The normalized spacial score (nSPS) is 16.8. The molecule has 39 heavy (non-hydrogen) atoms. The fourth-order valence-electron chi connectivity index (χ4n) is 6.17. The molecule has 6 rings (SSSR count). The molecule has 6 heterocycles. The van der Waals surface area contributed by atoms with Crippen LogP contribution in [0, 0.1) is 13.8 Å². The molecule has 0 aromatic carbocycles. The van der Waals surface area contributed by atoms with Crippen molar-refractivity contribution in [2.75, 3.05) is 51.2 Å². The van der Waals surface area contributed by atoms with Gasteiger partial charge in [-0.15, -0.1) is 0 Å². The van der Waals surface area contributed by atoms with Gasteiger partial charge in [-0.25, -0.2) is 9.97 Å². The van der Waals surface area contributed by atoms with Gasteiger partial charge < -0.3 is 14.8 Å². The van der Waals surface area contributed by atoms with Crippen molar-refractivity contribution >= 4 is 16.9 Å². The van der Waals surface area contributed by atoms with Crippen LogP contribution in [0.5, 0.6) is 0 Å². The molecule has 204 valence electrons. The number of aryl methyl sites for hydroxylation is 2. The van der Waals surface area contributed by atoms with Gasteiger partial charge >= 0.3 is 0 Å². The van der Waals surface area contributed by atoms with Crippen molar-refractivity contribution in [3.05, 3.63) is 70.3 Å². The van der Waals surface area contributed by atoms with E-state index in [9.17, 15) is 0 Å². The molecule has 1 fully saturated rings. The van der Waals surface area contributed by atoms with E-state index >= 15 is 0 Å². The highest BCUT2D eigenvalue weighted by molar-refractivity contribution is 5.89. The minimum Gasteiger partial charge on any atom is -0.354 e. The molecule has 2 aliphatic heterocycles. The summed E-state index contributed by atoms with van der Waals surface area (Å²) in [5, 5.41) is 0. The molecule has 0 spiro atoms. The zero-order valence-corrected chi connectivity index (χ0v) is 24.1. The molecule has 2 aliphatic rings. The molecule has 4 aromatic heterocycles. The Labute approximate surface area is 232 Å². The topological polar surface area (TPSA) is 64.2 Å². The quantitative estimate of drug-likeness (QED) is 0.379. The van der Waals surface area contributed by atoms with Gasteiger partial charge in [0, 0.05) is 74.5 Å². The zero-order valence-electron chi connectivity index (χ0n) is 24.1. The van der Waals surface area contributed by atoms with Crippen LogP contribution in [0.2, 0.25) is 0 Å². The van der Waals surface area contributed by atoms with Crippen LogP contribution in [0.1, 0.15) is 53.5 Å². The molecule has 0 amide bonds. The number of aromatic amines is 1. The van der Waals surface area contributed by atoms with Gasteiger partial charge in [0.2, 0.25) is 0 Å². The van der Waals surface area contributed by atoms with Gasteiger partial charge in [-0.1, -0.05) is 19.9 Å². The molecule has 0 atom stereocenters. The summed E-state index contributed by atoms with van der Waals surface area (Å²) in [6.07, 6.45) is 4.13. The second-order valence-corrected chi connectivity index (χ2v) is 11.8. The first kappa shape index (κ1) is 26.0. The maximum atomic E-state index is 5.29. The Hall–Kier alpha value is -3.29. The zero-order chi connectivity index (χ0) is 27.1. The third kappa shape index (κ3) is 5.43. The van der Waals surface area contributed by atoms with Crippen LogP contribution < -0.4 is 4.90 Å². The highest BCUT2D eigenvalue weighted by atomic mass is 15.3. The average molecular weight is 524 g/mol. The Morgan fingerprint density at radius 1 is 0.949 bits per heavy atom. The summed E-state index contributed by atoms with van der Waals surface area (Å²) in [5.41, 5.74) is 12.0. The molecule has 1 N–H and O–H groups in total. The molecule has 0 unspecified atom stereocenters. The van der Waals surface area contributed by atoms with Gasteiger partial charge in [0.1, 0.15) is 5.82 Å². The predicted octanol–water partition coefficient (Wildman–Crippen LogP) is 5.11. The van der Waals surface area contributed by atoms with Gasteiger partial charge in [-0.3, -0.25) is 9.88 Å². The first-order valence-electron chi connectivity index (χ1n) is 14.4. The molecular weight excluding hydrogens is 482 g/mol. The molecule has 4 aromatic rings. The van der Waals surface area contributed by atoms with Crippen LogP contribution in [0.4, 0.5) is 5.82 Å². The third-order valence-electron chi connectivity index (χ3n) is 8.35. The smallest absolute Gasteiger partial charge is 0.128 e. The summed E-state index contributed by atoms with van der Waals surface area (Å²) in [5.74, 6) is 1.48. The summed E-state index contributed by atoms with van der Waals surface area (Å²) in [6.45, 7) is 16.0. The number of likely N-dealkylation sites (N-methyl/N-ethyl adjacent to an activating group) is 1. The molecule has 7 nitrogen and oxygen atoms in total. The Morgan fingerprint density at radius 3 is 2.41 bits per heavy atom. The van der Waals surface area contributed by atoms with Crippen molar-refractivity contribution in [3.63, 3.8) is 0 Å². The number of hydrogen-bond donors (Lipinski definition) is 1. The summed E-state index contributed by atoms with van der Waals surface area (Å²) >= 11 is 0. The lowest BCUT2D eigenvalue weighted by Gasteiger charge is -2.33. The molecule has 1 saturated heterocycles. The van der Waals surface area contributed by atoms with E-state index in [1.165, 1.54) is 33.6 Å². The lowest BCUT2D eigenvalue weighted by molar-refractivity contribution is 0.253. The van der Waals surface area contributed by atoms with Crippen LogP contribution in [-0.4, -0.2) is 76.1 Å². The van der Waals surface area contributed by atoms with E-state index in [1.807, 2.05) is 0 Å². The minimum atomic E-state index is 0.370. The minimum absolute atomic E-state index is 0.370. The largest absolute Gasteiger partial charge is 0.354 e. The van der Waals surface area contributed by atoms with Gasteiger partial charge in [0.25, 0.3) is 0 Å². The number of piperazine rings is 1. The predicted molar refractivity (Wildman–Crippen MR) is 160 cm³/mol. The summed E-state index contributed by atoms with van der Waals surface area (Å²) in [7, 11) is 2.19. The number of anilines is 1. The van der Waals surface area contributed by atoms with Crippen molar-refractivity contribution in [2.45, 2.75) is 53.0 Å². The van der Waals surface area contributed by atoms with Crippen molar-refractivity contribution < 1.29 is 0 Å². The monoisotopic (exact) mass is 523 g/mol.